The van der Waals surface area contributed by atoms with Crippen molar-refractivity contribution >= 4 is 11.9 Å². The first-order valence-electron chi connectivity index (χ1n) is 14.9. The van der Waals surface area contributed by atoms with Gasteiger partial charge in [-0.2, -0.15) is 0 Å². The number of hydrogen-bond acceptors (Lipinski definition) is 7. The third-order valence-corrected chi connectivity index (χ3v) is 8.38. The molecule has 3 saturated heterocycles. The number of anilines is 1. The van der Waals surface area contributed by atoms with Crippen molar-refractivity contribution in [3.05, 3.63) is 18.0 Å². The van der Waals surface area contributed by atoms with Crippen LogP contribution in [0.2, 0.25) is 0 Å². The molecule has 1 aromatic heterocycles. The highest BCUT2D eigenvalue weighted by Crippen LogP contribution is 2.33. The van der Waals surface area contributed by atoms with E-state index in [1.807, 2.05) is 13.8 Å². The van der Waals surface area contributed by atoms with Crippen LogP contribution in [-0.4, -0.2) is 96.8 Å². The molecule has 3 aliphatic heterocycles. The van der Waals surface area contributed by atoms with Crippen LogP contribution in [0.15, 0.2) is 12.4 Å². The smallest absolute Gasteiger partial charge is 0.246 e. The lowest BCUT2D eigenvalue weighted by Gasteiger charge is -2.39. The molecule has 1 aromatic rings. The van der Waals surface area contributed by atoms with Crippen LogP contribution in [0.1, 0.15) is 89.5 Å². The fourth-order valence-corrected chi connectivity index (χ4v) is 6.29. The second kappa shape index (κ2) is 14.4. The zero-order valence-electron chi connectivity index (χ0n) is 23.5. The van der Waals surface area contributed by atoms with Crippen molar-refractivity contribution in [2.75, 3.05) is 57.8 Å². The first-order valence-corrected chi connectivity index (χ1v) is 14.9. The van der Waals surface area contributed by atoms with Crippen molar-refractivity contribution in [2.45, 2.75) is 102 Å². The van der Waals surface area contributed by atoms with Crippen LogP contribution in [0.5, 0.6) is 0 Å². The Balaban J connectivity index is 1.03. The average molecular weight is 515 g/mol. The van der Waals surface area contributed by atoms with Crippen molar-refractivity contribution in [1.29, 1.82) is 0 Å². The number of likely N-dealkylation sites (N-methyl/N-ethyl adjacent to an activating group) is 1. The molecule has 4 heterocycles. The summed E-state index contributed by atoms with van der Waals surface area (Å²) >= 11 is 0. The summed E-state index contributed by atoms with van der Waals surface area (Å²) in [6.45, 7) is 10.7. The molecule has 0 aliphatic carbocycles. The van der Waals surface area contributed by atoms with Gasteiger partial charge in [0.2, 0.25) is 11.9 Å². The number of likely N-dealkylation sites (tertiary alicyclic amines) is 2. The average Bonchev–Trinajstić information content (AvgIpc) is 3.17. The number of fused-ring (bicyclic) bond motifs is 2. The van der Waals surface area contributed by atoms with Gasteiger partial charge in [0.1, 0.15) is 6.61 Å². The number of nitrogens with zero attached hydrogens (tertiary/aromatic N) is 5. The van der Waals surface area contributed by atoms with Gasteiger partial charge in [-0.3, -0.25) is 4.79 Å². The van der Waals surface area contributed by atoms with Crippen LogP contribution in [-0.2, 0) is 9.53 Å². The monoisotopic (exact) mass is 514 g/mol. The van der Waals surface area contributed by atoms with Crippen molar-refractivity contribution in [1.82, 2.24) is 25.1 Å². The molecule has 8 heteroatoms. The lowest BCUT2D eigenvalue weighted by atomic mass is 9.91. The highest BCUT2D eigenvalue weighted by atomic mass is 16.5. The highest BCUT2D eigenvalue weighted by molar-refractivity contribution is 5.77. The summed E-state index contributed by atoms with van der Waals surface area (Å²) in [6.07, 6.45) is 16.7. The number of aromatic nitrogens is 2. The van der Waals surface area contributed by atoms with E-state index in [2.05, 4.69) is 39.5 Å². The van der Waals surface area contributed by atoms with Crippen LogP contribution >= 0.6 is 0 Å². The number of amides is 1. The molecule has 0 spiro atoms. The number of nitrogens with one attached hydrogen (secondary N) is 1. The quantitative estimate of drug-likeness (QED) is 0.378. The zero-order valence-corrected chi connectivity index (χ0v) is 23.5. The highest BCUT2D eigenvalue weighted by Gasteiger charge is 2.40. The molecule has 1 amide bonds. The van der Waals surface area contributed by atoms with Crippen LogP contribution < -0.4 is 10.2 Å². The molecule has 2 atom stereocenters. The third-order valence-electron chi connectivity index (χ3n) is 8.38. The van der Waals surface area contributed by atoms with E-state index in [0.717, 1.165) is 32.0 Å². The predicted octanol–water partition coefficient (Wildman–Crippen LogP) is 3.82. The summed E-state index contributed by atoms with van der Waals surface area (Å²) < 4.78 is 5.32. The van der Waals surface area contributed by atoms with Crippen molar-refractivity contribution in [3.8, 4) is 0 Å². The van der Waals surface area contributed by atoms with E-state index in [9.17, 15) is 4.79 Å². The standard InChI is InChI=1S/C29H50N6O2/c1-23(2)37-22-28(36)30-14-8-6-4-5-7-9-15-34-16-12-24(13-17-34)25-18-31-29(32-19-25)35-26-10-11-27(35)21-33(3)20-26/h18-19,23-24,26-27H,4-17,20-22H2,1-3H3,(H,30,36). The molecule has 8 nitrogen and oxygen atoms in total. The Hall–Kier alpha value is -1.77. The Labute approximate surface area is 224 Å². The minimum Gasteiger partial charge on any atom is -0.369 e. The van der Waals surface area contributed by atoms with Crippen LogP contribution in [0.4, 0.5) is 5.95 Å². The molecular weight excluding hydrogens is 464 g/mol. The maximum Gasteiger partial charge on any atom is 0.246 e. The maximum atomic E-state index is 11.6. The summed E-state index contributed by atoms with van der Waals surface area (Å²) in [5.41, 5.74) is 1.33. The Morgan fingerprint density at radius 3 is 2.24 bits per heavy atom. The summed E-state index contributed by atoms with van der Waals surface area (Å²) in [7, 11) is 2.23. The summed E-state index contributed by atoms with van der Waals surface area (Å²) in [5.74, 6) is 1.55. The SMILES string of the molecule is CC(C)OCC(=O)NCCCCCCCCN1CCC(c2cnc(N3C4CCC3CN(C)C4)nc2)CC1. The summed E-state index contributed by atoms with van der Waals surface area (Å²) in [4.78, 5) is 28.9. The number of hydrogen-bond donors (Lipinski definition) is 1. The summed E-state index contributed by atoms with van der Waals surface area (Å²) in [6, 6.07) is 1.17. The van der Waals surface area contributed by atoms with Crippen LogP contribution in [0.3, 0.4) is 0 Å². The molecule has 2 unspecified atom stereocenters. The Bertz CT molecular complexity index is 797. The Kier molecular flexibility index (Phi) is 11.0. The van der Waals surface area contributed by atoms with Gasteiger partial charge in [-0.1, -0.05) is 25.7 Å². The number of carbonyl (C=O) groups is 1. The van der Waals surface area contributed by atoms with Crippen molar-refractivity contribution in [2.24, 2.45) is 0 Å². The lowest BCUT2D eigenvalue weighted by Crippen LogP contribution is -2.53. The van der Waals surface area contributed by atoms with Gasteiger partial charge in [0, 0.05) is 44.1 Å². The van der Waals surface area contributed by atoms with E-state index in [1.165, 1.54) is 83.0 Å². The predicted molar refractivity (Wildman–Crippen MR) is 149 cm³/mol. The number of piperidine rings is 1. The topological polar surface area (TPSA) is 73.8 Å². The maximum absolute atomic E-state index is 11.6. The zero-order chi connectivity index (χ0) is 26.0. The van der Waals surface area contributed by atoms with Crippen molar-refractivity contribution in [3.63, 3.8) is 0 Å². The molecule has 4 rings (SSSR count). The molecule has 0 saturated carbocycles. The van der Waals surface area contributed by atoms with Gasteiger partial charge in [0.15, 0.2) is 0 Å². The van der Waals surface area contributed by atoms with Gasteiger partial charge >= 0.3 is 0 Å². The Morgan fingerprint density at radius 2 is 1.59 bits per heavy atom. The number of carbonyl (C=O) groups excluding carboxylic acids is 1. The van der Waals surface area contributed by atoms with Crippen molar-refractivity contribution < 1.29 is 9.53 Å². The third kappa shape index (κ3) is 8.62. The van der Waals surface area contributed by atoms with Gasteiger partial charge < -0.3 is 24.8 Å². The second-order valence-electron chi connectivity index (χ2n) is 11.8. The fraction of sp³-hybridized carbons (Fsp3) is 0.828. The van der Waals surface area contributed by atoms with E-state index >= 15 is 0 Å². The van der Waals surface area contributed by atoms with Gasteiger partial charge in [-0.05, 0) is 90.5 Å². The van der Waals surface area contributed by atoms with E-state index in [1.54, 1.807) is 0 Å². The normalized spacial score (nSPS) is 23.2. The molecule has 208 valence electrons. The van der Waals surface area contributed by atoms with E-state index in [4.69, 9.17) is 14.7 Å². The first-order chi connectivity index (χ1) is 18.0. The first kappa shape index (κ1) is 28.2. The lowest BCUT2D eigenvalue weighted by molar-refractivity contribution is -0.127. The van der Waals surface area contributed by atoms with Gasteiger partial charge in [0.05, 0.1) is 6.10 Å². The van der Waals surface area contributed by atoms with Gasteiger partial charge in [-0.15, -0.1) is 0 Å². The minimum absolute atomic E-state index is 0.000571. The Morgan fingerprint density at radius 1 is 0.973 bits per heavy atom. The van der Waals surface area contributed by atoms with Gasteiger partial charge in [-0.25, -0.2) is 9.97 Å². The molecular formula is C29H50N6O2. The fourth-order valence-electron chi connectivity index (χ4n) is 6.29. The number of rotatable bonds is 14. The summed E-state index contributed by atoms with van der Waals surface area (Å²) in [5, 5.41) is 2.94. The number of piperazine rings is 1. The molecule has 0 aromatic carbocycles. The molecule has 3 aliphatic rings. The molecule has 3 fully saturated rings. The molecule has 37 heavy (non-hydrogen) atoms. The van der Waals surface area contributed by atoms with E-state index in [0.29, 0.717) is 18.0 Å². The van der Waals surface area contributed by atoms with E-state index < -0.39 is 0 Å². The second-order valence-corrected chi connectivity index (χ2v) is 11.8. The minimum atomic E-state index is -0.000571. The van der Waals surface area contributed by atoms with Gasteiger partial charge in [0.25, 0.3) is 0 Å². The van der Waals surface area contributed by atoms with Crippen LogP contribution in [0, 0.1) is 0 Å². The molecule has 1 N–H and O–H groups in total. The van der Waals surface area contributed by atoms with E-state index in [-0.39, 0.29) is 18.6 Å². The molecule has 2 bridgehead atoms. The number of ether oxygens (including phenoxy) is 1. The van der Waals surface area contributed by atoms with Crippen LogP contribution in [0.25, 0.3) is 0 Å². The largest absolute Gasteiger partial charge is 0.369 e. The number of unbranched alkanes of at least 4 members (excludes halogenated alkanes) is 5. The molecule has 0 radical (unpaired) electrons.